The van der Waals surface area contributed by atoms with Crippen LogP contribution in [0.3, 0.4) is 0 Å². The van der Waals surface area contributed by atoms with Gasteiger partial charge < -0.3 is 20.1 Å². The number of methoxy groups -OCH3 is 2. The molecular weight excluding hydrogens is 256 g/mol. The SMILES string of the molecule is CNc1cncc(NCc2ccc(OC)cc2OC)n1. The van der Waals surface area contributed by atoms with Crippen molar-refractivity contribution in [2.75, 3.05) is 31.9 Å². The molecule has 1 aromatic heterocycles. The van der Waals surface area contributed by atoms with E-state index in [4.69, 9.17) is 9.47 Å². The Bertz CT molecular complexity index is 575. The van der Waals surface area contributed by atoms with E-state index in [0.717, 1.165) is 22.9 Å². The van der Waals surface area contributed by atoms with Gasteiger partial charge in [-0.3, -0.25) is 4.98 Å². The molecule has 6 nitrogen and oxygen atoms in total. The van der Waals surface area contributed by atoms with E-state index in [-0.39, 0.29) is 0 Å². The number of nitrogens with one attached hydrogen (secondary N) is 2. The lowest BCUT2D eigenvalue weighted by atomic mass is 10.2. The Balaban J connectivity index is 2.10. The van der Waals surface area contributed by atoms with Crippen molar-refractivity contribution >= 4 is 11.6 Å². The number of nitrogens with zero attached hydrogens (tertiary/aromatic N) is 2. The number of hydrogen-bond donors (Lipinski definition) is 2. The monoisotopic (exact) mass is 274 g/mol. The standard InChI is InChI=1S/C14H18N4O2/c1-15-13-8-16-9-14(18-13)17-7-10-4-5-11(19-2)6-12(10)20-3/h4-6,8-9H,7H2,1-3H3,(H2,15,17,18). The van der Waals surface area contributed by atoms with Crippen molar-refractivity contribution in [3.8, 4) is 11.5 Å². The highest BCUT2D eigenvalue weighted by atomic mass is 16.5. The molecule has 0 aliphatic carbocycles. The third-order valence-corrected chi connectivity index (χ3v) is 2.84. The highest BCUT2D eigenvalue weighted by Gasteiger charge is 2.05. The van der Waals surface area contributed by atoms with Gasteiger partial charge in [-0.15, -0.1) is 0 Å². The quantitative estimate of drug-likeness (QED) is 0.841. The van der Waals surface area contributed by atoms with Gasteiger partial charge in [-0.25, -0.2) is 4.98 Å². The second-order valence-corrected chi connectivity index (χ2v) is 4.07. The maximum Gasteiger partial charge on any atom is 0.147 e. The van der Waals surface area contributed by atoms with Crippen LogP contribution in [0.2, 0.25) is 0 Å². The molecule has 1 heterocycles. The van der Waals surface area contributed by atoms with Crippen LogP contribution in [-0.4, -0.2) is 31.2 Å². The number of hydrogen-bond acceptors (Lipinski definition) is 6. The molecule has 0 aliphatic rings. The Hall–Kier alpha value is -2.50. The molecule has 6 heteroatoms. The van der Waals surface area contributed by atoms with Crippen LogP contribution >= 0.6 is 0 Å². The zero-order valence-corrected chi connectivity index (χ0v) is 11.8. The Morgan fingerprint density at radius 3 is 2.60 bits per heavy atom. The van der Waals surface area contributed by atoms with E-state index in [1.807, 2.05) is 18.2 Å². The summed E-state index contributed by atoms with van der Waals surface area (Å²) in [5.74, 6) is 2.96. The lowest BCUT2D eigenvalue weighted by Crippen LogP contribution is -2.05. The number of rotatable bonds is 6. The Morgan fingerprint density at radius 1 is 1.10 bits per heavy atom. The van der Waals surface area contributed by atoms with Gasteiger partial charge in [0, 0.05) is 25.2 Å². The molecule has 0 atom stereocenters. The molecule has 0 unspecified atom stereocenters. The minimum absolute atomic E-state index is 0.592. The average Bonchev–Trinajstić information content (AvgIpc) is 2.52. The molecule has 0 aliphatic heterocycles. The van der Waals surface area contributed by atoms with Gasteiger partial charge in [0.15, 0.2) is 0 Å². The molecule has 0 amide bonds. The van der Waals surface area contributed by atoms with Crippen molar-refractivity contribution < 1.29 is 9.47 Å². The molecule has 0 saturated heterocycles. The molecule has 2 rings (SSSR count). The lowest BCUT2D eigenvalue weighted by Gasteiger charge is -2.11. The zero-order chi connectivity index (χ0) is 14.4. The summed E-state index contributed by atoms with van der Waals surface area (Å²) >= 11 is 0. The van der Waals surface area contributed by atoms with Gasteiger partial charge in [-0.05, 0) is 12.1 Å². The Labute approximate surface area is 118 Å². The molecule has 0 saturated carbocycles. The van der Waals surface area contributed by atoms with E-state index in [1.54, 1.807) is 33.7 Å². The molecule has 0 fully saturated rings. The average molecular weight is 274 g/mol. The van der Waals surface area contributed by atoms with E-state index >= 15 is 0 Å². The van der Waals surface area contributed by atoms with Crippen molar-refractivity contribution in [2.24, 2.45) is 0 Å². The fourth-order valence-corrected chi connectivity index (χ4v) is 1.76. The summed E-state index contributed by atoms with van der Waals surface area (Å²) in [6.07, 6.45) is 3.34. The van der Waals surface area contributed by atoms with Crippen LogP contribution in [0, 0.1) is 0 Å². The molecule has 2 aromatic rings. The van der Waals surface area contributed by atoms with Crippen LogP contribution in [-0.2, 0) is 6.54 Å². The van der Waals surface area contributed by atoms with Gasteiger partial charge in [0.25, 0.3) is 0 Å². The number of anilines is 2. The maximum absolute atomic E-state index is 5.35. The van der Waals surface area contributed by atoms with Crippen molar-refractivity contribution in [3.63, 3.8) is 0 Å². The van der Waals surface area contributed by atoms with Crippen molar-refractivity contribution in [3.05, 3.63) is 36.2 Å². The first-order chi connectivity index (χ1) is 9.76. The van der Waals surface area contributed by atoms with Crippen LogP contribution in [0.4, 0.5) is 11.6 Å². The first-order valence-electron chi connectivity index (χ1n) is 6.21. The normalized spacial score (nSPS) is 9.95. The molecule has 0 radical (unpaired) electrons. The smallest absolute Gasteiger partial charge is 0.147 e. The number of benzene rings is 1. The highest BCUT2D eigenvalue weighted by Crippen LogP contribution is 2.25. The Kier molecular flexibility index (Phi) is 4.60. The topological polar surface area (TPSA) is 68.3 Å². The van der Waals surface area contributed by atoms with Gasteiger partial charge in [-0.2, -0.15) is 0 Å². The van der Waals surface area contributed by atoms with Crippen molar-refractivity contribution in [2.45, 2.75) is 6.54 Å². The summed E-state index contributed by atoms with van der Waals surface area (Å²) in [6.45, 7) is 0.592. The molecule has 1 aromatic carbocycles. The minimum atomic E-state index is 0.592. The van der Waals surface area contributed by atoms with Gasteiger partial charge in [-0.1, -0.05) is 0 Å². The zero-order valence-electron chi connectivity index (χ0n) is 11.8. The second kappa shape index (κ2) is 6.60. The van der Waals surface area contributed by atoms with Crippen LogP contribution in [0.1, 0.15) is 5.56 Å². The summed E-state index contributed by atoms with van der Waals surface area (Å²) in [7, 11) is 5.07. The van der Waals surface area contributed by atoms with E-state index < -0.39 is 0 Å². The number of aromatic nitrogens is 2. The summed E-state index contributed by atoms with van der Waals surface area (Å²) in [5, 5.41) is 6.16. The van der Waals surface area contributed by atoms with Crippen LogP contribution in [0.15, 0.2) is 30.6 Å². The third kappa shape index (κ3) is 3.28. The van der Waals surface area contributed by atoms with Crippen LogP contribution in [0.25, 0.3) is 0 Å². The summed E-state index contributed by atoms with van der Waals surface area (Å²) in [5.41, 5.74) is 1.02. The summed E-state index contributed by atoms with van der Waals surface area (Å²) < 4.78 is 10.5. The van der Waals surface area contributed by atoms with E-state index in [1.165, 1.54) is 0 Å². The summed E-state index contributed by atoms with van der Waals surface area (Å²) in [6, 6.07) is 5.71. The minimum Gasteiger partial charge on any atom is -0.497 e. The fraction of sp³-hybridized carbons (Fsp3) is 0.286. The fourth-order valence-electron chi connectivity index (χ4n) is 1.76. The first-order valence-corrected chi connectivity index (χ1v) is 6.21. The van der Waals surface area contributed by atoms with Crippen LogP contribution in [0.5, 0.6) is 11.5 Å². The second-order valence-electron chi connectivity index (χ2n) is 4.07. The lowest BCUT2D eigenvalue weighted by molar-refractivity contribution is 0.391. The van der Waals surface area contributed by atoms with E-state index in [2.05, 4.69) is 20.6 Å². The molecule has 0 spiro atoms. The van der Waals surface area contributed by atoms with Gasteiger partial charge >= 0.3 is 0 Å². The third-order valence-electron chi connectivity index (χ3n) is 2.84. The van der Waals surface area contributed by atoms with E-state index in [9.17, 15) is 0 Å². The van der Waals surface area contributed by atoms with Crippen LogP contribution < -0.4 is 20.1 Å². The van der Waals surface area contributed by atoms with E-state index in [0.29, 0.717) is 12.4 Å². The van der Waals surface area contributed by atoms with Gasteiger partial charge in [0.1, 0.15) is 23.1 Å². The molecule has 106 valence electrons. The largest absolute Gasteiger partial charge is 0.497 e. The predicted molar refractivity (Wildman–Crippen MR) is 78.5 cm³/mol. The van der Waals surface area contributed by atoms with Gasteiger partial charge in [0.05, 0.1) is 26.6 Å². The van der Waals surface area contributed by atoms with Gasteiger partial charge in [0.2, 0.25) is 0 Å². The summed E-state index contributed by atoms with van der Waals surface area (Å²) in [4.78, 5) is 8.44. The Morgan fingerprint density at radius 2 is 1.90 bits per heavy atom. The maximum atomic E-state index is 5.35. The molecule has 2 N–H and O–H groups in total. The van der Waals surface area contributed by atoms with Crippen molar-refractivity contribution in [1.29, 1.82) is 0 Å². The predicted octanol–water partition coefficient (Wildman–Crippen LogP) is 2.15. The molecular formula is C14H18N4O2. The molecule has 20 heavy (non-hydrogen) atoms. The van der Waals surface area contributed by atoms with Crippen molar-refractivity contribution in [1.82, 2.24) is 9.97 Å². The molecule has 0 bridgehead atoms. The number of ether oxygens (including phenoxy) is 2. The first kappa shape index (κ1) is 13.9. The highest BCUT2D eigenvalue weighted by molar-refractivity contribution is 5.45.